The lowest BCUT2D eigenvalue weighted by Crippen LogP contribution is -2.16. The topological polar surface area (TPSA) is 68.9 Å². The second-order valence-electron chi connectivity index (χ2n) is 7.01. The second kappa shape index (κ2) is 7.80. The van der Waals surface area contributed by atoms with Gasteiger partial charge < -0.3 is 9.15 Å². The van der Waals surface area contributed by atoms with Crippen LogP contribution in [-0.4, -0.2) is 15.5 Å². The molecule has 0 aliphatic rings. The predicted molar refractivity (Wildman–Crippen MR) is 116 cm³/mol. The summed E-state index contributed by atoms with van der Waals surface area (Å²) in [6.45, 7) is 3.82. The molecule has 152 valence electrons. The molecule has 0 N–H and O–H groups in total. The van der Waals surface area contributed by atoms with E-state index in [9.17, 15) is 8.42 Å². The first-order valence-electron chi connectivity index (χ1n) is 9.43. The highest BCUT2D eigenvalue weighted by atomic mass is 32.2. The van der Waals surface area contributed by atoms with E-state index >= 15 is 0 Å². The first kappa shape index (κ1) is 19.9. The van der Waals surface area contributed by atoms with Crippen LogP contribution < -0.4 is 10.3 Å². The number of fused-ring (bicyclic) bond motifs is 1. The summed E-state index contributed by atoms with van der Waals surface area (Å²) in [5.74, 6) is 0.507. The van der Waals surface area contributed by atoms with Gasteiger partial charge in [0.1, 0.15) is 4.90 Å². The Balaban J connectivity index is 2.07. The van der Waals surface area contributed by atoms with Gasteiger partial charge in [-0.1, -0.05) is 48.0 Å². The summed E-state index contributed by atoms with van der Waals surface area (Å²) in [6, 6.07) is 21.1. The standard InChI is InChI=1S/C24H21NO4S/c1-16-11-13-19(14-12-16)30(26,27)22-15-18-8-6-10-21(28-3)23(18)29-24(22)25-20-9-5-4-7-17(20)2/h4-15H,1-3H3. The van der Waals surface area contributed by atoms with Crippen LogP contribution in [0.25, 0.3) is 11.0 Å². The van der Waals surface area contributed by atoms with E-state index in [-0.39, 0.29) is 15.3 Å². The largest absolute Gasteiger partial charge is 0.493 e. The van der Waals surface area contributed by atoms with Crippen LogP contribution in [0.3, 0.4) is 0 Å². The maximum atomic E-state index is 13.5. The van der Waals surface area contributed by atoms with Crippen molar-refractivity contribution in [2.45, 2.75) is 23.6 Å². The van der Waals surface area contributed by atoms with Crippen molar-refractivity contribution in [2.24, 2.45) is 4.99 Å². The Bertz CT molecular complexity index is 1400. The van der Waals surface area contributed by atoms with Crippen LogP contribution in [0.1, 0.15) is 11.1 Å². The zero-order valence-corrected chi connectivity index (χ0v) is 17.7. The Labute approximate surface area is 175 Å². The molecule has 0 fully saturated rings. The fourth-order valence-corrected chi connectivity index (χ4v) is 4.53. The zero-order valence-electron chi connectivity index (χ0n) is 16.9. The van der Waals surface area contributed by atoms with Crippen molar-refractivity contribution >= 4 is 26.5 Å². The molecular weight excluding hydrogens is 398 g/mol. The molecule has 0 aliphatic heterocycles. The van der Waals surface area contributed by atoms with E-state index in [4.69, 9.17) is 9.15 Å². The van der Waals surface area contributed by atoms with Gasteiger partial charge >= 0.3 is 0 Å². The smallest absolute Gasteiger partial charge is 0.239 e. The fourth-order valence-electron chi connectivity index (χ4n) is 3.18. The van der Waals surface area contributed by atoms with Crippen LogP contribution in [0.5, 0.6) is 5.75 Å². The van der Waals surface area contributed by atoms with E-state index in [0.717, 1.165) is 11.1 Å². The molecule has 6 heteroatoms. The van der Waals surface area contributed by atoms with E-state index in [0.29, 0.717) is 22.4 Å². The van der Waals surface area contributed by atoms with Gasteiger partial charge in [-0.25, -0.2) is 13.4 Å². The average Bonchev–Trinajstić information content (AvgIpc) is 2.74. The van der Waals surface area contributed by atoms with Crippen LogP contribution in [0.4, 0.5) is 5.69 Å². The highest BCUT2D eigenvalue weighted by molar-refractivity contribution is 7.91. The van der Waals surface area contributed by atoms with Crippen LogP contribution in [0.15, 0.2) is 92.0 Å². The molecule has 0 spiro atoms. The number of ether oxygens (including phenoxy) is 1. The maximum absolute atomic E-state index is 13.5. The number of benzene rings is 3. The van der Waals surface area contributed by atoms with E-state index in [1.54, 1.807) is 55.6 Å². The van der Waals surface area contributed by atoms with Crippen molar-refractivity contribution in [2.75, 3.05) is 7.11 Å². The second-order valence-corrected chi connectivity index (χ2v) is 8.93. The minimum absolute atomic E-state index is 0.00959. The Hall–Kier alpha value is -3.38. The van der Waals surface area contributed by atoms with E-state index in [1.807, 2.05) is 38.1 Å². The molecule has 3 aromatic carbocycles. The van der Waals surface area contributed by atoms with Crippen molar-refractivity contribution in [3.8, 4) is 5.75 Å². The third kappa shape index (κ3) is 3.62. The lowest BCUT2D eigenvalue weighted by atomic mass is 10.2. The Morgan fingerprint density at radius 2 is 1.63 bits per heavy atom. The normalized spacial score (nSPS) is 12.3. The molecule has 0 saturated carbocycles. The fraction of sp³-hybridized carbons (Fsp3) is 0.125. The van der Waals surface area contributed by atoms with Gasteiger partial charge in [0.05, 0.1) is 17.7 Å². The van der Waals surface area contributed by atoms with Crippen LogP contribution >= 0.6 is 0 Å². The molecular formula is C24H21NO4S. The van der Waals surface area contributed by atoms with Crippen molar-refractivity contribution < 1.29 is 17.6 Å². The molecule has 0 amide bonds. The molecule has 4 aromatic rings. The van der Waals surface area contributed by atoms with Crippen LogP contribution in [-0.2, 0) is 9.84 Å². The molecule has 5 nitrogen and oxygen atoms in total. The third-order valence-electron chi connectivity index (χ3n) is 4.88. The first-order chi connectivity index (χ1) is 14.4. The number of para-hydroxylation sites is 2. The SMILES string of the molecule is COc1cccc2cc(S(=O)(=O)c3ccc(C)cc3)c(=Nc3ccccc3C)oc12. The third-order valence-corrected chi connectivity index (χ3v) is 6.65. The summed E-state index contributed by atoms with van der Waals surface area (Å²) in [5.41, 5.74) is 2.98. The lowest BCUT2D eigenvalue weighted by molar-refractivity contribution is 0.404. The molecule has 1 aromatic heterocycles. The van der Waals surface area contributed by atoms with E-state index < -0.39 is 9.84 Å². The molecule has 0 bridgehead atoms. The van der Waals surface area contributed by atoms with Gasteiger partial charge in [0.15, 0.2) is 11.3 Å². The Morgan fingerprint density at radius 1 is 0.900 bits per heavy atom. The van der Waals surface area contributed by atoms with Gasteiger partial charge in [0, 0.05) is 5.39 Å². The highest BCUT2D eigenvalue weighted by Crippen LogP contribution is 2.28. The number of aryl methyl sites for hydroxylation is 2. The number of sulfone groups is 1. The average molecular weight is 420 g/mol. The molecule has 0 radical (unpaired) electrons. The monoisotopic (exact) mass is 419 g/mol. The van der Waals surface area contributed by atoms with Crippen LogP contribution in [0, 0.1) is 13.8 Å². The summed E-state index contributed by atoms with van der Waals surface area (Å²) >= 11 is 0. The lowest BCUT2D eigenvalue weighted by Gasteiger charge is -2.09. The number of hydrogen-bond acceptors (Lipinski definition) is 5. The minimum atomic E-state index is -3.86. The molecule has 30 heavy (non-hydrogen) atoms. The highest BCUT2D eigenvalue weighted by Gasteiger charge is 2.23. The summed E-state index contributed by atoms with van der Waals surface area (Å²) in [5, 5.41) is 0.615. The van der Waals surface area contributed by atoms with Gasteiger partial charge in [-0.3, -0.25) is 0 Å². The molecule has 0 atom stereocenters. The van der Waals surface area contributed by atoms with Crippen molar-refractivity contribution in [1.82, 2.24) is 0 Å². The number of rotatable bonds is 4. The van der Waals surface area contributed by atoms with Gasteiger partial charge in [-0.05, 0) is 49.7 Å². The van der Waals surface area contributed by atoms with Crippen molar-refractivity contribution in [3.63, 3.8) is 0 Å². The van der Waals surface area contributed by atoms with E-state index in [1.165, 1.54) is 0 Å². The number of nitrogens with zero attached hydrogens (tertiary/aromatic N) is 1. The van der Waals surface area contributed by atoms with Crippen molar-refractivity contribution in [1.29, 1.82) is 0 Å². The molecule has 0 unspecified atom stereocenters. The summed E-state index contributed by atoms with van der Waals surface area (Å²) in [7, 11) is -2.32. The van der Waals surface area contributed by atoms with Gasteiger partial charge in [0.25, 0.3) is 0 Å². The summed E-state index contributed by atoms with van der Waals surface area (Å²) in [6.07, 6.45) is 0. The molecule has 0 saturated heterocycles. The summed E-state index contributed by atoms with van der Waals surface area (Å²) in [4.78, 5) is 4.77. The zero-order chi connectivity index (χ0) is 21.3. The molecule has 1 heterocycles. The predicted octanol–water partition coefficient (Wildman–Crippen LogP) is 5.12. The van der Waals surface area contributed by atoms with Crippen molar-refractivity contribution in [3.05, 3.63) is 89.5 Å². The summed E-state index contributed by atoms with van der Waals surface area (Å²) < 4.78 is 38.4. The van der Waals surface area contributed by atoms with Crippen LogP contribution in [0.2, 0.25) is 0 Å². The number of hydrogen-bond donors (Lipinski definition) is 0. The number of methoxy groups -OCH3 is 1. The van der Waals surface area contributed by atoms with Gasteiger partial charge in [-0.15, -0.1) is 0 Å². The minimum Gasteiger partial charge on any atom is -0.493 e. The molecule has 4 rings (SSSR count). The van der Waals surface area contributed by atoms with E-state index in [2.05, 4.69) is 4.99 Å². The molecule has 0 aliphatic carbocycles. The maximum Gasteiger partial charge on any atom is 0.239 e. The Morgan fingerprint density at radius 3 is 2.33 bits per heavy atom. The first-order valence-corrected chi connectivity index (χ1v) is 10.9. The Kier molecular flexibility index (Phi) is 5.18. The quantitative estimate of drug-likeness (QED) is 0.460. The van der Waals surface area contributed by atoms with Gasteiger partial charge in [0.2, 0.25) is 15.4 Å². The van der Waals surface area contributed by atoms with Gasteiger partial charge in [-0.2, -0.15) is 0 Å².